The number of hydrogen-bond acceptors (Lipinski definition) is 3. The maximum atomic E-state index is 12.8. The van der Waals surface area contributed by atoms with Gasteiger partial charge in [0.15, 0.2) is 0 Å². The van der Waals surface area contributed by atoms with Crippen molar-refractivity contribution in [1.29, 1.82) is 0 Å². The van der Waals surface area contributed by atoms with Gasteiger partial charge in [-0.3, -0.25) is 0 Å². The Morgan fingerprint density at radius 3 is 2.46 bits per heavy atom. The Balaban J connectivity index is 1.57. The van der Waals surface area contributed by atoms with Crippen molar-refractivity contribution in [3.05, 3.63) is 11.8 Å². The van der Waals surface area contributed by atoms with Gasteiger partial charge in [-0.1, -0.05) is 27.2 Å². The van der Waals surface area contributed by atoms with Crippen LogP contribution in [0, 0.1) is 40.4 Å². The highest BCUT2D eigenvalue weighted by atomic mass is 32.2. The van der Waals surface area contributed by atoms with Crippen molar-refractivity contribution in [2.75, 3.05) is 0 Å². The van der Waals surface area contributed by atoms with Gasteiger partial charge in [-0.05, 0) is 86.0 Å². The third-order valence-electron chi connectivity index (χ3n) is 8.92. The fraction of sp³-hybridized carbons (Fsp3) is 0.905. The van der Waals surface area contributed by atoms with Gasteiger partial charge in [-0.25, -0.2) is 0 Å². The van der Waals surface area contributed by atoms with Crippen molar-refractivity contribution in [3.63, 3.8) is 0 Å². The molecule has 0 spiro atoms. The van der Waals surface area contributed by atoms with Crippen molar-refractivity contribution < 1.29 is 25.8 Å². The number of hydrogen-bond donors (Lipinski definition) is 0. The zero-order valence-electron chi connectivity index (χ0n) is 16.9. The highest BCUT2D eigenvalue weighted by Gasteiger charge is 2.60. The average molecular weight is 421 g/mol. The highest BCUT2D eigenvalue weighted by Crippen LogP contribution is 2.66. The second kappa shape index (κ2) is 6.39. The van der Waals surface area contributed by atoms with E-state index in [2.05, 4.69) is 18.0 Å². The molecular weight excluding hydrogens is 389 g/mol. The fourth-order valence-corrected chi connectivity index (χ4v) is 7.88. The summed E-state index contributed by atoms with van der Waals surface area (Å²) in [5.41, 5.74) is -5.67. The predicted octanol–water partition coefficient (Wildman–Crippen LogP) is 6.03. The van der Waals surface area contributed by atoms with Crippen LogP contribution in [0.2, 0.25) is 0 Å². The fourth-order valence-electron chi connectivity index (χ4n) is 7.30. The zero-order chi connectivity index (χ0) is 20.5. The lowest BCUT2D eigenvalue weighted by Crippen LogP contribution is -2.53. The molecule has 0 radical (unpaired) electrons. The molecule has 3 fully saturated rings. The molecule has 0 aliphatic heterocycles. The lowest BCUT2D eigenvalue weighted by molar-refractivity contribution is -0.111. The minimum Gasteiger partial charge on any atom is -0.380 e. The van der Waals surface area contributed by atoms with E-state index in [4.69, 9.17) is 0 Å². The summed E-state index contributed by atoms with van der Waals surface area (Å²) >= 11 is 0. The standard InChI is InChI=1S/C21H31F3O3S/c1-13-8-10-19(2)14(12-13)4-5-15-16-6-7-18(20(16,3)11-9-17(15)19)27-28(25,26)21(22,23)24/h7,13-17H,4-6,8-12H2,1-3H3/t13-,14-,15?,16?,17?,19+,20+/m1/s1. The van der Waals surface area contributed by atoms with E-state index >= 15 is 0 Å². The van der Waals surface area contributed by atoms with E-state index < -0.39 is 21.0 Å². The summed E-state index contributed by atoms with van der Waals surface area (Å²) in [6, 6.07) is 0. The molecule has 28 heavy (non-hydrogen) atoms. The maximum absolute atomic E-state index is 12.8. The highest BCUT2D eigenvalue weighted by molar-refractivity contribution is 7.87. The van der Waals surface area contributed by atoms with Crippen LogP contribution >= 0.6 is 0 Å². The van der Waals surface area contributed by atoms with Gasteiger partial charge in [0.25, 0.3) is 0 Å². The number of fused-ring (bicyclic) bond motifs is 5. The van der Waals surface area contributed by atoms with E-state index in [1.165, 1.54) is 25.7 Å². The minimum atomic E-state index is -5.60. The summed E-state index contributed by atoms with van der Waals surface area (Å²) in [4.78, 5) is 0. The molecule has 0 saturated heterocycles. The largest absolute Gasteiger partial charge is 0.534 e. The Hall–Kier alpha value is -0.720. The first-order chi connectivity index (χ1) is 12.9. The van der Waals surface area contributed by atoms with Crippen LogP contribution in [0.25, 0.3) is 0 Å². The van der Waals surface area contributed by atoms with Crippen LogP contribution in [0.3, 0.4) is 0 Å². The van der Waals surface area contributed by atoms with E-state index in [0.29, 0.717) is 30.1 Å². The van der Waals surface area contributed by atoms with Gasteiger partial charge in [0.05, 0.1) is 0 Å². The van der Waals surface area contributed by atoms with Crippen LogP contribution in [0.5, 0.6) is 0 Å². The zero-order valence-corrected chi connectivity index (χ0v) is 17.7. The Bertz CT molecular complexity index is 774. The monoisotopic (exact) mass is 420 g/mol. The SMILES string of the molecule is C[C@@H]1CC[C@]2(C)C3CC[C@]4(C)C(OS(=O)(=O)C(F)(F)F)=CCC4C3CC[C@@H]2C1. The average Bonchev–Trinajstić information content (AvgIpc) is 2.91. The van der Waals surface area contributed by atoms with Gasteiger partial charge in [0.1, 0.15) is 5.76 Å². The van der Waals surface area contributed by atoms with Crippen molar-refractivity contribution in [1.82, 2.24) is 0 Å². The molecule has 4 aliphatic rings. The van der Waals surface area contributed by atoms with Crippen LogP contribution in [-0.4, -0.2) is 13.9 Å². The van der Waals surface area contributed by atoms with Crippen molar-refractivity contribution >= 4 is 10.1 Å². The van der Waals surface area contributed by atoms with Gasteiger partial charge in [-0.15, -0.1) is 0 Å². The molecule has 4 rings (SSSR count). The number of allylic oxidation sites excluding steroid dienone is 2. The number of alkyl halides is 3. The number of halogens is 3. The van der Waals surface area contributed by atoms with Gasteiger partial charge in [0.2, 0.25) is 0 Å². The van der Waals surface area contributed by atoms with Crippen LogP contribution in [0.4, 0.5) is 13.2 Å². The predicted molar refractivity (Wildman–Crippen MR) is 100 cm³/mol. The molecule has 0 N–H and O–H groups in total. The lowest BCUT2D eigenvalue weighted by Gasteiger charge is -2.60. The molecule has 3 nitrogen and oxygen atoms in total. The second-order valence-electron chi connectivity index (χ2n) is 10.3. The van der Waals surface area contributed by atoms with Crippen LogP contribution in [0.1, 0.15) is 72.1 Å². The third-order valence-corrected chi connectivity index (χ3v) is 9.89. The molecule has 0 bridgehead atoms. The number of rotatable bonds is 2. The van der Waals surface area contributed by atoms with Gasteiger partial charge >= 0.3 is 15.6 Å². The smallest absolute Gasteiger partial charge is 0.380 e. The summed E-state index contributed by atoms with van der Waals surface area (Å²) in [5, 5.41) is 0. The molecule has 0 amide bonds. The van der Waals surface area contributed by atoms with Crippen LogP contribution in [0.15, 0.2) is 11.8 Å². The van der Waals surface area contributed by atoms with E-state index in [9.17, 15) is 21.6 Å². The second-order valence-corrected chi connectivity index (χ2v) is 11.8. The first-order valence-corrected chi connectivity index (χ1v) is 12.0. The maximum Gasteiger partial charge on any atom is 0.534 e. The van der Waals surface area contributed by atoms with Crippen molar-refractivity contribution in [3.8, 4) is 0 Å². The first kappa shape index (κ1) is 20.5. The first-order valence-electron chi connectivity index (χ1n) is 10.6. The summed E-state index contributed by atoms with van der Waals surface area (Å²) in [5.74, 6) is 2.77. The topological polar surface area (TPSA) is 43.4 Å². The Labute approximate surface area is 166 Å². The van der Waals surface area contributed by atoms with Crippen LogP contribution < -0.4 is 0 Å². The lowest BCUT2D eigenvalue weighted by atomic mass is 9.44. The summed E-state index contributed by atoms with van der Waals surface area (Å²) < 4.78 is 66.3. The molecule has 160 valence electrons. The third kappa shape index (κ3) is 2.93. The Morgan fingerprint density at radius 1 is 1.07 bits per heavy atom. The Morgan fingerprint density at radius 2 is 1.79 bits per heavy atom. The molecule has 0 heterocycles. The molecule has 3 unspecified atom stereocenters. The molecule has 0 aromatic rings. The van der Waals surface area contributed by atoms with E-state index in [-0.39, 0.29) is 11.7 Å². The van der Waals surface area contributed by atoms with Crippen molar-refractivity contribution in [2.45, 2.75) is 77.6 Å². The molecule has 0 aromatic heterocycles. The molecule has 0 aromatic carbocycles. The molecule has 4 aliphatic carbocycles. The van der Waals surface area contributed by atoms with Crippen molar-refractivity contribution in [2.24, 2.45) is 40.4 Å². The summed E-state index contributed by atoms with van der Waals surface area (Å²) in [6.07, 6.45) is 9.97. The molecule has 7 atom stereocenters. The van der Waals surface area contributed by atoms with E-state index in [1.54, 1.807) is 6.08 Å². The van der Waals surface area contributed by atoms with Gasteiger partial charge < -0.3 is 4.18 Å². The summed E-state index contributed by atoms with van der Waals surface area (Å²) in [7, 11) is -5.60. The molecule has 7 heteroatoms. The summed E-state index contributed by atoms with van der Waals surface area (Å²) in [6.45, 7) is 6.70. The quantitative estimate of drug-likeness (QED) is 0.405. The minimum absolute atomic E-state index is 0.0258. The van der Waals surface area contributed by atoms with Crippen LogP contribution in [-0.2, 0) is 14.3 Å². The molecule has 3 saturated carbocycles. The van der Waals surface area contributed by atoms with Gasteiger partial charge in [0, 0.05) is 5.41 Å². The van der Waals surface area contributed by atoms with E-state index in [0.717, 1.165) is 24.7 Å². The normalized spacial score (nSPS) is 46.2. The van der Waals surface area contributed by atoms with Gasteiger partial charge in [-0.2, -0.15) is 21.6 Å². The Kier molecular flexibility index (Phi) is 4.69. The van der Waals surface area contributed by atoms with E-state index in [1.807, 2.05) is 6.92 Å². The molecular formula is C21H31F3O3S.